The minimum absolute atomic E-state index is 0.376. The topological polar surface area (TPSA) is 29.3 Å². The van der Waals surface area contributed by atoms with Gasteiger partial charge in [-0.2, -0.15) is 0 Å². The number of hydrogen-bond acceptors (Lipinski definition) is 2. The molecule has 0 amide bonds. The Kier molecular flexibility index (Phi) is 3.20. The summed E-state index contributed by atoms with van der Waals surface area (Å²) in [6, 6.07) is 0.893. The molecule has 0 spiro atoms. The maximum absolute atomic E-state index is 6.22. The first-order valence-electron chi connectivity index (χ1n) is 7.70. The number of rotatable bonds is 5. The van der Waals surface area contributed by atoms with Gasteiger partial charge in [0.25, 0.3) is 0 Å². The molecule has 0 bridgehead atoms. The molecule has 17 heavy (non-hydrogen) atoms. The van der Waals surface area contributed by atoms with E-state index in [0.29, 0.717) is 5.54 Å². The largest absolute Gasteiger partial charge is 0.329 e. The molecule has 2 unspecified atom stereocenters. The summed E-state index contributed by atoms with van der Waals surface area (Å²) in [5.74, 6) is 1.89. The van der Waals surface area contributed by atoms with Crippen LogP contribution in [0, 0.1) is 11.8 Å². The van der Waals surface area contributed by atoms with Crippen molar-refractivity contribution in [3.8, 4) is 0 Å². The maximum Gasteiger partial charge on any atom is 0.0337 e. The van der Waals surface area contributed by atoms with Gasteiger partial charge in [0.2, 0.25) is 0 Å². The van der Waals surface area contributed by atoms with Gasteiger partial charge in [0.1, 0.15) is 0 Å². The fourth-order valence-electron chi connectivity index (χ4n) is 3.89. The molecule has 0 aromatic carbocycles. The van der Waals surface area contributed by atoms with Gasteiger partial charge in [-0.05, 0) is 50.4 Å². The minimum Gasteiger partial charge on any atom is -0.329 e. The molecule has 3 aliphatic carbocycles. The molecule has 0 aromatic rings. The fraction of sp³-hybridized carbons (Fsp3) is 1.00. The van der Waals surface area contributed by atoms with Crippen molar-refractivity contribution in [3.05, 3.63) is 0 Å². The van der Waals surface area contributed by atoms with Crippen LogP contribution in [0.5, 0.6) is 0 Å². The lowest BCUT2D eigenvalue weighted by Gasteiger charge is -2.48. The van der Waals surface area contributed by atoms with Crippen LogP contribution >= 0.6 is 0 Å². The van der Waals surface area contributed by atoms with Crippen LogP contribution in [0.25, 0.3) is 0 Å². The van der Waals surface area contributed by atoms with Gasteiger partial charge in [-0.1, -0.05) is 19.8 Å². The Bertz CT molecular complexity index is 270. The lowest BCUT2D eigenvalue weighted by molar-refractivity contribution is 0.0280. The highest BCUT2D eigenvalue weighted by atomic mass is 15.3. The van der Waals surface area contributed by atoms with Crippen LogP contribution in [0.3, 0.4) is 0 Å². The molecule has 0 aromatic heterocycles. The Morgan fingerprint density at radius 2 is 1.94 bits per heavy atom. The molecule has 3 saturated carbocycles. The van der Waals surface area contributed by atoms with Gasteiger partial charge < -0.3 is 5.73 Å². The second-order valence-corrected chi connectivity index (χ2v) is 6.96. The van der Waals surface area contributed by atoms with Crippen molar-refractivity contribution in [2.24, 2.45) is 17.6 Å². The molecule has 0 saturated heterocycles. The minimum atomic E-state index is 0.376. The SMILES string of the molecule is CC1CCCC(CN)(N(CC2CC2)C2CC2)C1. The Balaban J connectivity index is 1.74. The van der Waals surface area contributed by atoms with Crippen LogP contribution in [0.4, 0.5) is 0 Å². The van der Waals surface area contributed by atoms with Crippen LogP contribution < -0.4 is 5.73 Å². The second-order valence-electron chi connectivity index (χ2n) is 6.96. The molecular weight excluding hydrogens is 208 g/mol. The first-order chi connectivity index (χ1) is 8.23. The maximum atomic E-state index is 6.22. The van der Waals surface area contributed by atoms with Crippen LogP contribution in [0.2, 0.25) is 0 Å². The number of hydrogen-bond donors (Lipinski definition) is 1. The zero-order valence-corrected chi connectivity index (χ0v) is 11.3. The van der Waals surface area contributed by atoms with Crippen molar-refractivity contribution in [1.29, 1.82) is 0 Å². The van der Waals surface area contributed by atoms with Crippen molar-refractivity contribution < 1.29 is 0 Å². The van der Waals surface area contributed by atoms with Crippen LogP contribution in [0.15, 0.2) is 0 Å². The van der Waals surface area contributed by atoms with Gasteiger partial charge in [0, 0.05) is 24.7 Å². The first kappa shape index (κ1) is 12.0. The number of nitrogens with zero attached hydrogens (tertiary/aromatic N) is 1. The highest BCUT2D eigenvalue weighted by molar-refractivity contribution is 5.03. The van der Waals surface area contributed by atoms with Crippen molar-refractivity contribution in [2.75, 3.05) is 13.1 Å². The van der Waals surface area contributed by atoms with Gasteiger partial charge >= 0.3 is 0 Å². The molecule has 98 valence electrons. The Morgan fingerprint density at radius 1 is 1.18 bits per heavy atom. The Morgan fingerprint density at radius 3 is 2.47 bits per heavy atom. The third-order valence-electron chi connectivity index (χ3n) is 5.20. The van der Waals surface area contributed by atoms with E-state index in [4.69, 9.17) is 5.73 Å². The molecule has 2 atom stereocenters. The highest BCUT2D eigenvalue weighted by Crippen LogP contribution is 2.44. The Labute approximate surface area is 106 Å². The van der Waals surface area contributed by atoms with Gasteiger partial charge in [-0.25, -0.2) is 0 Å². The quantitative estimate of drug-likeness (QED) is 0.795. The second kappa shape index (κ2) is 4.55. The van der Waals surface area contributed by atoms with Gasteiger partial charge in [0.05, 0.1) is 0 Å². The lowest BCUT2D eigenvalue weighted by Crippen LogP contribution is -2.57. The smallest absolute Gasteiger partial charge is 0.0337 e. The van der Waals surface area contributed by atoms with Gasteiger partial charge in [-0.3, -0.25) is 4.90 Å². The van der Waals surface area contributed by atoms with Crippen LogP contribution in [-0.4, -0.2) is 29.6 Å². The monoisotopic (exact) mass is 236 g/mol. The zero-order chi connectivity index (χ0) is 11.9. The third-order valence-corrected chi connectivity index (χ3v) is 5.20. The molecular formula is C15H28N2. The summed E-state index contributed by atoms with van der Waals surface area (Å²) in [6.07, 6.45) is 11.3. The lowest BCUT2D eigenvalue weighted by atomic mass is 9.75. The summed E-state index contributed by atoms with van der Waals surface area (Å²) in [7, 11) is 0. The summed E-state index contributed by atoms with van der Waals surface area (Å²) >= 11 is 0. The molecule has 2 nitrogen and oxygen atoms in total. The zero-order valence-electron chi connectivity index (χ0n) is 11.3. The molecule has 3 aliphatic rings. The van der Waals surface area contributed by atoms with E-state index in [2.05, 4.69) is 11.8 Å². The van der Waals surface area contributed by atoms with E-state index in [1.165, 1.54) is 57.9 Å². The highest BCUT2D eigenvalue weighted by Gasteiger charge is 2.46. The predicted octanol–water partition coefficient (Wildman–Crippen LogP) is 2.77. The first-order valence-corrected chi connectivity index (χ1v) is 7.70. The summed E-state index contributed by atoms with van der Waals surface area (Å²) in [6.45, 7) is 4.67. The molecule has 3 fully saturated rings. The third kappa shape index (κ3) is 2.53. The van der Waals surface area contributed by atoms with E-state index in [1.54, 1.807) is 0 Å². The van der Waals surface area contributed by atoms with Crippen LogP contribution in [-0.2, 0) is 0 Å². The van der Waals surface area contributed by atoms with Crippen molar-refractivity contribution >= 4 is 0 Å². The average molecular weight is 236 g/mol. The summed E-state index contributed by atoms with van der Waals surface area (Å²) < 4.78 is 0. The molecule has 2 N–H and O–H groups in total. The van der Waals surface area contributed by atoms with E-state index in [1.807, 2.05) is 0 Å². The fourth-order valence-corrected chi connectivity index (χ4v) is 3.89. The van der Waals surface area contributed by atoms with E-state index in [9.17, 15) is 0 Å². The Hall–Kier alpha value is -0.0800. The molecule has 0 heterocycles. The summed E-state index contributed by atoms with van der Waals surface area (Å²) in [5.41, 5.74) is 6.60. The van der Waals surface area contributed by atoms with Crippen molar-refractivity contribution in [3.63, 3.8) is 0 Å². The summed E-state index contributed by atoms with van der Waals surface area (Å²) in [4.78, 5) is 2.86. The van der Waals surface area contributed by atoms with E-state index in [-0.39, 0.29) is 0 Å². The van der Waals surface area contributed by atoms with E-state index < -0.39 is 0 Å². The molecule has 0 aliphatic heterocycles. The standard InChI is InChI=1S/C15H28N2/c1-12-3-2-8-15(9-12,11-16)17(14-6-7-14)10-13-4-5-13/h12-14H,2-11,16H2,1H3. The van der Waals surface area contributed by atoms with E-state index >= 15 is 0 Å². The average Bonchev–Trinajstić information content (AvgIpc) is 3.17. The van der Waals surface area contributed by atoms with Gasteiger partial charge in [0.15, 0.2) is 0 Å². The molecule has 3 rings (SSSR count). The number of nitrogens with two attached hydrogens (primary N) is 1. The predicted molar refractivity (Wildman–Crippen MR) is 71.9 cm³/mol. The summed E-state index contributed by atoms with van der Waals surface area (Å²) in [5, 5.41) is 0. The van der Waals surface area contributed by atoms with Crippen LogP contribution in [0.1, 0.15) is 58.3 Å². The van der Waals surface area contributed by atoms with Gasteiger partial charge in [-0.15, -0.1) is 0 Å². The van der Waals surface area contributed by atoms with E-state index in [0.717, 1.165) is 24.4 Å². The van der Waals surface area contributed by atoms with Crippen molar-refractivity contribution in [2.45, 2.75) is 69.9 Å². The molecule has 2 heteroatoms. The van der Waals surface area contributed by atoms with Crippen molar-refractivity contribution in [1.82, 2.24) is 4.90 Å². The normalized spacial score (nSPS) is 38.6. The molecule has 0 radical (unpaired) electrons.